The summed E-state index contributed by atoms with van der Waals surface area (Å²) in [6.45, 7) is 4.41. The molecule has 2 amide bonds. The van der Waals surface area contributed by atoms with E-state index < -0.39 is 27.4 Å². The van der Waals surface area contributed by atoms with E-state index >= 15 is 0 Å². The van der Waals surface area contributed by atoms with Crippen LogP contribution in [0.2, 0.25) is 0 Å². The van der Waals surface area contributed by atoms with E-state index in [0.29, 0.717) is 50.3 Å². The van der Waals surface area contributed by atoms with Crippen LogP contribution < -0.4 is 20.1 Å². The third-order valence-electron chi connectivity index (χ3n) is 5.70. The highest BCUT2D eigenvalue weighted by molar-refractivity contribution is 7.89. The quantitative estimate of drug-likeness (QED) is 0.319. The number of hydrogen-bond donors (Lipinski definition) is 3. The molecule has 2 aliphatic rings. The van der Waals surface area contributed by atoms with Gasteiger partial charge in [0.05, 0.1) is 23.9 Å². The largest absolute Gasteiger partial charge is 0.490 e. The Balaban J connectivity index is 1.46. The van der Waals surface area contributed by atoms with Crippen molar-refractivity contribution in [1.82, 2.24) is 15.4 Å². The number of rotatable bonds is 12. The van der Waals surface area contributed by atoms with Crippen LogP contribution in [0, 0.1) is 11.7 Å². The predicted octanol–water partition coefficient (Wildman–Crippen LogP) is 1.94. The zero-order chi connectivity index (χ0) is 23.4. The highest BCUT2D eigenvalue weighted by Crippen LogP contribution is 2.32. The van der Waals surface area contributed by atoms with Crippen LogP contribution in [0.3, 0.4) is 0 Å². The first-order valence-corrected chi connectivity index (χ1v) is 12.7. The lowest BCUT2D eigenvalue weighted by atomic mass is 9.95. The first-order chi connectivity index (χ1) is 15.1. The van der Waals surface area contributed by atoms with Gasteiger partial charge in [0.1, 0.15) is 0 Å². The molecule has 8 nitrogen and oxygen atoms in total. The number of amides is 2. The lowest BCUT2D eigenvalue weighted by Gasteiger charge is -2.27. The van der Waals surface area contributed by atoms with Gasteiger partial charge in [-0.25, -0.2) is 17.5 Å². The molecule has 1 unspecified atom stereocenters. The number of halogens is 1. The van der Waals surface area contributed by atoms with Crippen molar-refractivity contribution < 1.29 is 27.1 Å². The molecular formula is C22H32FN3O5S. The number of hydrogen-bond acceptors (Lipinski definition) is 6. The molecule has 3 rings (SSSR count). The minimum atomic E-state index is -3.59. The lowest BCUT2D eigenvalue weighted by Crippen LogP contribution is -2.50. The van der Waals surface area contributed by atoms with E-state index in [-0.39, 0.29) is 23.3 Å². The van der Waals surface area contributed by atoms with Crippen molar-refractivity contribution in [3.63, 3.8) is 0 Å². The van der Waals surface area contributed by atoms with Crippen LogP contribution in [0.1, 0.15) is 57.9 Å². The van der Waals surface area contributed by atoms with Crippen molar-refractivity contribution in [3.05, 3.63) is 29.6 Å². The maximum absolute atomic E-state index is 14.1. The molecule has 0 spiro atoms. The van der Waals surface area contributed by atoms with Crippen LogP contribution in [-0.4, -0.2) is 45.2 Å². The van der Waals surface area contributed by atoms with Crippen LogP contribution in [0.25, 0.3) is 0 Å². The van der Waals surface area contributed by atoms with Crippen LogP contribution in [-0.2, 0) is 25.2 Å². The molecule has 10 heteroatoms. The average Bonchev–Trinajstić information content (AvgIpc) is 3.52. The van der Waals surface area contributed by atoms with E-state index in [1.165, 1.54) is 6.07 Å². The van der Waals surface area contributed by atoms with Crippen molar-refractivity contribution in [2.75, 3.05) is 18.9 Å². The van der Waals surface area contributed by atoms with Gasteiger partial charge in [-0.15, -0.1) is 0 Å². The van der Waals surface area contributed by atoms with E-state index in [2.05, 4.69) is 15.4 Å². The summed E-state index contributed by atoms with van der Waals surface area (Å²) < 4.78 is 47.6. The molecule has 1 aromatic rings. The van der Waals surface area contributed by atoms with Crippen molar-refractivity contribution >= 4 is 21.8 Å². The third kappa shape index (κ3) is 7.25. The van der Waals surface area contributed by atoms with Crippen molar-refractivity contribution in [1.29, 1.82) is 0 Å². The third-order valence-corrected chi connectivity index (χ3v) is 7.35. The van der Waals surface area contributed by atoms with Gasteiger partial charge in [-0.3, -0.25) is 14.9 Å². The number of imide groups is 1. The van der Waals surface area contributed by atoms with E-state index in [9.17, 15) is 22.4 Å². The van der Waals surface area contributed by atoms with E-state index in [1.807, 2.05) is 0 Å². The Labute approximate surface area is 188 Å². The SMILES string of the molecule is CC(C)(NS(=O)(=O)CCCCNC1CCC(=O)NC1=O)c1ccc(F)c(OCC2CC2)c1. The summed E-state index contributed by atoms with van der Waals surface area (Å²) in [6, 6.07) is 4.00. The zero-order valence-electron chi connectivity index (χ0n) is 18.6. The fourth-order valence-electron chi connectivity index (χ4n) is 3.58. The molecule has 1 aromatic carbocycles. The number of ether oxygens (including phenoxy) is 1. The predicted molar refractivity (Wildman–Crippen MR) is 118 cm³/mol. The highest BCUT2D eigenvalue weighted by Gasteiger charge is 2.29. The Bertz CT molecular complexity index is 947. The van der Waals surface area contributed by atoms with Gasteiger partial charge in [0.15, 0.2) is 11.6 Å². The summed E-state index contributed by atoms with van der Waals surface area (Å²) in [7, 11) is -3.59. The summed E-state index contributed by atoms with van der Waals surface area (Å²) >= 11 is 0. The minimum absolute atomic E-state index is 0.0698. The topological polar surface area (TPSA) is 114 Å². The summed E-state index contributed by atoms with van der Waals surface area (Å²) in [4.78, 5) is 22.9. The fourth-order valence-corrected chi connectivity index (χ4v) is 5.16. The minimum Gasteiger partial charge on any atom is -0.490 e. The number of benzene rings is 1. The molecular weight excluding hydrogens is 437 g/mol. The van der Waals surface area contributed by atoms with Crippen molar-refractivity contribution in [2.24, 2.45) is 5.92 Å². The molecule has 1 aliphatic heterocycles. The van der Waals surface area contributed by atoms with Crippen molar-refractivity contribution in [3.8, 4) is 5.75 Å². The number of unbranched alkanes of at least 4 members (excludes halogenated alkanes) is 1. The van der Waals surface area contributed by atoms with E-state index in [4.69, 9.17) is 4.74 Å². The maximum Gasteiger partial charge on any atom is 0.243 e. The van der Waals surface area contributed by atoms with Crippen LogP contribution in [0.5, 0.6) is 5.75 Å². The van der Waals surface area contributed by atoms with Crippen LogP contribution in [0.15, 0.2) is 18.2 Å². The van der Waals surface area contributed by atoms with E-state index in [0.717, 1.165) is 12.8 Å². The Morgan fingerprint density at radius 1 is 1.19 bits per heavy atom. The van der Waals surface area contributed by atoms with Gasteiger partial charge in [-0.2, -0.15) is 0 Å². The molecule has 2 fully saturated rings. The van der Waals surface area contributed by atoms with Gasteiger partial charge in [0, 0.05) is 6.42 Å². The number of nitrogens with one attached hydrogen (secondary N) is 3. The summed E-state index contributed by atoms with van der Waals surface area (Å²) in [5, 5.41) is 5.34. The maximum atomic E-state index is 14.1. The molecule has 1 heterocycles. The molecule has 32 heavy (non-hydrogen) atoms. The Morgan fingerprint density at radius 2 is 1.94 bits per heavy atom. The normalized spacial score (nSPS) is 19.7. The summed E-state index contributed by atoms with van der Waals surface area (Å²) in [5.41, 5.74) is -0.317. The first-order valence-electron chi connectivity index (χ1n) is 11.1. The molecule has 3 N–H and O–H groups in total. The highest BCUT2D eigenvalue weighted by atomic mass is 32.2. The second kappa shape index (κ2) is 10.3. The Morgan fingerprint density at radius 3 is 2.62 bits per heavy atom. The smallest absolute Gasteiger partial charge is 0.243 e. The molecule has 1 saturated heterocycles. The van der Waals surface area contributed by atoms with Gasteiger partial charge in [0.25, 0.3) is 0 Å². The van der Waals surface area contributed by atoms with Crippen LogP contribution in [0.4, 0.5) is 4.39 Å². The van der Waals surface area contributed by atoms with E-state index in [1.54, 1.807) is 26.0 Å². The number of piperidine rings is 1. The molecule has 0 radical (unpaired) electrons. The van der Waals surface area contributed by atoms with Crippen LogP contribution >= 0.6 is 0 Å². The number of carbonyl (C=O) groups excluding carboxylic acids is 2. The molecule has 1 atom stereocenters. The Kier molecular flexibility index (Phi) is 7.89. The first kappa shape index (κ1) is 24.6. The number of sulfonamides is 1. The van der Waals surface area contributed by atoms with Gasteiger partial charge >= 0.3 is 0 Å². The average molecular weight is 470 g/mol. The molecule has 1 saturated carbocycles. The molecule has 178 valence electrons. The molecule has 0 aromatic heterocycles. The Hall–Kier alpha value is -2.04. The summed E-state index contributed by atoms with van der Waals surface area (Å²) in [6.07, 6.45) is 3.90. The second-order valence-corrected chi connectivity index (χ2v) is 11.0. The van der Waals surface area contributed by atoms with Crippen molar-refractivity contribution in [2.45, 2.75) is 64.0 Å². The summed E-state index contributed by atoms with van der Waals surface area (Å²) in [5.74, 6) is -0.515. The van der Waals surface area contributed by atoms with Gasteiger partial charge in [-0.1, -0.05) is 6.07 Å². The molecule has 1 aliphatic carbocycles. The molecule has 0 bridgehead atoms. The zero-order valence-corrected chi connectivity index (χ0v) is 19.4. The monoisotopic (exact) mass is 469 g/mol. The van der Waals surface area contributed by atoms with Gasteiger partial charge in [-0.05, 0) is 76.1 Å². The fraction of sp³-hybridized carbons (Fsp3) is 0.636. The lowest BCUT2D eigenvalue weighted by molar-refractivity contribution is -0.134. The van der Waals surface area contributed by atoms with Gasteiger partial charge in [0.2, 0.25) is 21.8 Å². The second-order valence-electron chi connectivity index (χ2n) is 9.11. The number of carbonyl (C=O) groups is 2. The standard InChI is InChI=1S/C22H32FN3O5S/c1-22(2,16-7-8-17(23)19(13-16)31-14-15-5-6-15)26-32(29,30)12-4-3-11-24-18-9-10-20(27)25-21(18)28/h7-8,13,15,18,24,26H,3-6,9-12,14H2,1-2H3,(H,25,27,28). The van der Waals surface area contributed by atoms with Gasteiger partial charge < -0.3 is 10.1 Å².